The molecular weight excluding hydrogens is 222 g/mol. The number of nitrogens with zero attached hydrogens (tertiary/aromatic N) is 1. The summed E-state index contributed by atoms with van der Waals surface area (Å²) >= 11 is 1.49. The number of nitrogens with one attached hydrogen (secondary N) is 1. The fourth-order valence-electron chi connectivity index (χ4n) is 2.20. The Morgan fingerprint density at radius 2 is 2.31 bits per heavy atom. The van der Waals surface area contributed by atoms with E-state index in [0.29, 0.717) is 12.2 Å². The standard InChI is InChI=1S/C11H17N3OS/c1-8-13-9(6-16-8)10(15)14-11(7-12)4-2-3-5-11/h6H,2-5,7,12H2,1H3,(H,14,15). The molecule has 0 aliphatic heterocycles. The van der Waals surface area contributed by atoms with Gasteiger partial charge in [-0.15, -0.1) is 11.3 Å². The Morgan fingerprint density at radius 1 is 1.62 bits per heavy atom. The summed E-state index contributed by atoms with van der Waals surface area (Å²) in [5.74, 6) is -0.0864. The van der Waals surface area contributed by atoms with Crippen LogP contribution in [0.15, 0.2) is 5.38 Å². The molecule has 88 valence electrons. The van der Waals surface area contributed by atoms with Gasteiger partial charge in [-0.05, 0) is 19.8 Å². The number of amides is 1. The molecular formula is C11H17N3OS. The largest absolute Gasteiger partial charge is 0.344 e. The van der Waals surface area contributed by atoms with Crippen LogP contribution in [0.4, 0.5) is 0 Å². The van der Waals surface area contributed by atoms with Gasteiger partial charge in [0.1, 0.15) is 5.69 Å². The minimum atomic E-state index is -0.186. The number of nitrogens with two attached hydrogens (primary N) is 1. The molecule has 1 saturated carbocycles. The molecule has 1 aromatic rings. The number of hydrogen-bond donors (Lipinski definition) is 2. The third-order valence-electron chi connectivity index (χ3n) is 3.18. The highest BCUT2D eigenvalue weighted by Gasteiger charge is 2.34. The van der Waals surface area contributed by atoms with Crippen LogP contribution in [0.1, 0.15) is 41.2 Å². The predicted molar refractivity (Wildman–Crippen MR) is 64.6 cm³/mol. The lowest BCUT2D eigenvalue weighted by Crippen LogP contribution is -2.51. The molecule has 5 heteroatoms. The second-order valence-electron chi connectivity index (χ2n) is 4.40. The lowest BCUT2D eigenvalue weighted by molar-refractivity contribution is 0.0898. The first-order valence-corrected chi connectivity index (χ1v) is 6.48. The van der Waals surface area contributed by atoms with E-state index in [-0.39, 0.29) is 11.4 Å². The number of carbonyl (C=O) groups excluding carboxylic acids is 1. The van der Waals surface area contributed by atoms with Gasteiger partial charge in [0.2, 0.25) is 0 Å². The molecule has 1 aliphatic rings. The molecule has 1 fully saturated rings. The fraction of sp³-hybridized carbons (Fsp3) is 0.636. The van der Waals surface area contributed by atoms with Crippen molar-refractivity contribution in [2.75, 3.05) is 6.54 Å². The number of aromatic nitrogens is 1. The third kappa shape index (κ3) is 2.25. The zero-order valence-electron chi connectivity index (χ0n) is 9.45. The van der Waals surface area contributed by atoms with Crippen molar-refractivity contribution < 1.29 is 4.79 Å². The zero-order chi connectivity index (χ0) is 11.6. The summed E-state index contributed by atoms with van der Waals surface area (Å²) in [7, 11) is 0. The number of hydrogen-bond acceptors (Lipinski definition) is 4. The third-order valence-corrected chi connectivity index (χ3v) is 3.96. The van der Waals surface area contributed by atoms with Gasteiger partial charge >= 0.3 is 0 Å². The molecule has 0 unspecified atom stereocenters. The predicted octanol–water partition coefficient (Wildman–Crippen LogP) is 1.45. The fourth-order valence-corrected chi connectivity index (χ4v) is 2.80. The summed E-state index contributed by atoms with van der Waals surface area (Å²) in [4.78, 5) is 16.1. The van der Waals surface area contributed by atoms with Crippen LogP contribution in [0.25, 0.3) is 0 Å². The Balaban J connectivity index is 2.06. The summed E-state index contributed by atoms with van der Waals surface area (Å²) in [6.07, 6.45) is 4.26. The molecule has 0 saturated heterocycles. The first-order chi connectivity index (χ1) is 7.65. The Morgan fingerprint density at radius 3 is 2.81 bits per heavy atom. The minimum absolute atomic E-state index is 0.0864. The molecule has 1 amide bonds. The smallest absolute Gasteiger partial charge is 0.271 e. The maximum absolute atomic E-state index is 12.0. The molecule has 0 atom stereocenters. The van der Waals surface area contributed by atoms with E-state index in [2.05, 4.69) is 10.3 Å². The topological polar surface area (TPSA) is 68.0 Å². The number of carbonyl (C=O) groups is 1. The lowest BCUT2D eigenvalue weighted by atomic mass is 9.98. The first-order valence-electron chi connectivity index (χ1n) is 5.60. The van der Waals surface area contributed by atoms with Gasteiger partial charge in [-0.3, -0.25) is 4.79 Å². The average Bonchev–Trinajstić information content (AvgIpc) is 2.88. The van der Waals surface area contributed by atoms with E-state index < -0.39 is 0 Å². The van der Waals surface area contributed by atoms with Crippen molar-refractivity contribution >= 4 is 17.2 Å². The van der Waals surface area contributed by atoms with Crippen LogP contribution in [0.3, 0.4) is 0 Å². The summed E-state index contributed by atoms with van der Waals surface area (Å²) in [5, 5.41) is 5.76. The van der Waals surface area contributed by atoms with Crippen molar-refractivity contribution in [3.05, 3.63) is 16.1 Å². The Kier molecular flexibility index (Phi) is 3.25. The first kappa shape index (κ1) is 11.5. The van der Waals surface area contributed by atoms with Gasteiger partial charge in [-0.25, -0.2) is 4.98 Å². The normalized spacial score (nSPS) is 18.6. The Hall–Kier alpha value is -0.940. The van der Waals surface area contributed by atoms with E-state index in [4.69, 9.17) is 5.73 Å². The highest BCUT2D eigenvalue weighted by Crippen LogP contribution is 2.28. The van der Waals surface area contributed by atoms with Crippen molar-refractivity contribution in [1.82, 2.24) is 10.3 Å². The van der Waals surface area contributed by atoms with Crippen LogP contribution in [0, 0.1) is 6.92 Å². The number of thiazole rings is 1. The van der Waals surface area contributed by atoms with Gasteiger partial charge in [-0.2, -0.15) is 0 Å². The van der Waals surface area contributed by atoms with Crippen LogP contribution in [0.2, 0.25) is 0 Å². The molecule has 1 heterocycles. The number of aryl methyl sites for hydroxylation is 1. The van der Waals surface area contributed by atoms with Gasteiger partial charge < -0.3 is 11.1 Å². The van der Waals surface area contributed by atoms with E-state index in [9.17, 15) is 4.79 Å². The highest BCUT2D eigenvalue weighted by atomic mass is 32.1. The van der Waals surface area contributed by atoms with E-state index in [1.165, 1.54) is 11.3 Å². The van der Waals surface area contributed by atoms with Crippen molar-refractivity contribution in [2.45, 2.75) is 38.1 Å². The Labute approximate surface area is 99.3 Å². The highest BCUT2D eigenvalue weighted by molar-refractivity contribution is 7.09. The maximum Gasteiger partial charge on any atom is 0.271 e. The summed E-state index contributed by atoms with van der Waals surface area (Å²) in [5.41, 5.74) is 6.10. The molecule has 0 aromatic carbocycles. The van der Waals surface area contributed by atoms with Crippen molar-refractivity contribution in [3.63, 3.8) is 0 Å². The van der Waals surface area contributed by atoms with Crippen LogP contribution in [0.5, 0.6) is 0 Å². The van der Waals surface area contributed by atoms with Crippen molar-refractivity contribution in [3.8, 4) is 0 Å². The van der Waals surface area contributed by atoms with Crippen LogP contribution in [-0.2, 0) is 0 Å². The SMILES string of the molecule is Cc1nc(C(=O)NC2(CN)CCCC2)cs1. The molecule has 1 aliphatic carbocycles. The number of rotatable bonds is 3. The molecule has 0 bridgehead atoms. The average molecular weight is 239 g/mol. The zero-order valence-corrected chi connectivity index (χ0v) is 10.3. The molecule has 0 spiro atoms. The summed E-state index contributed by atoms with van der Waals surface area (Å²) < 4.78 is 0. The second-order valence-corrected chi connectivity index (χ2v) is 5.46. The monoisotopic (exact) mass is 239 g/mol. The van der Waals surface area contributed by atoms with Crippen LogP contribution in [-0.4, -0.2) is 23.0 Å². The molecule has 2 rings (SSSR count). The van der Waals surface area contributed by atoms with Crippen molar-refractivity contribution in [1.29, 1.82) is 0 Å². The van der Waals surface area contributed by atoms with Crippen molar-refractivity contribution in [2.24, 2.45) is 5.73 Å². The van der Waals surface area contributed by atoms with E-state index >= 15 is 0 Å². The van der Waals surface area contributed by atoms with E-state index in [1.807, 2.05) is 6.92 Å². The van der Waals surface area contributed by atoms with Gasteiger partial charge in [0.15, 0.2) is 0 Å². The molecule has 1 aromatic heterocycles. The molecule has 16 heavy (non-hydrogen) atoms. The lowest BCUT2D eigenvalue weighted by Gasteiger charge is -2.28. The van der Waals surface area contributed by atoms with E-state index in [0.717, 1.165) is 30.7 Å². The summed E-state index contributed by atoms with van der Waals surface area (Å²) in [6, 6.07) is 0. The summed E-state index contributed by atoms with van der Waals surface area (Å²) in [6.45, 7) is 2.41. The Bertz CT molecular complexity index is 382. The molecule has 4 nitrogen and oxygen atoms in total. The van der Waals surface area contributed by atoms with Gasteiger partial charge in [0, 0.05) is 11.9 Å². The van der Waals surface area contributed by atoms with Gasteiger partial charge in [0.05, 0.1) is 10.5 Å². The van der Waals surface area contributed by atoms with Crippen LogP contribution >= 0.6 is 11.3 Å². The minimum Gasteiger partial charge on any atom is -0.344 e. The van der Waals surface area contributed by atoms with Gasteiger partial charge in [0.25, 0.3) is 5.91 Å². The molecule has 0 radical (unpaired) electrons. The van der Waals surface area contributed by atoms with Crippen LogP contribution < -0.4 is 11.1 Å². The second kappa shape index (κ2) is 4.51. The van der Waals surface area contributed by atoms with Gasteiger partial charge in [-0.1, -0.05) is 12.8 Å². The maximum atomic E-state index is 12.0. The van der Waals surface area contributed by atoms with E-state index in [1.54, 1.807) is 5.38 Å². The molecule has 3 N–H and O–H groups in total. The quantitative estimate of drug-likeness (QED) is 0.839.